The molecule has 7 nitrogen and oxygen atoms in total. The number of likely N-dealkylation sites (tertiary alicyclic amines) is 1. The van der Waals surface area contributed by atoms with Crippen molar-refractivity contribution in [1.29, 1.82) is 0 Å². The summed E-state index contributed by atoms with van der Waals surface area (Å²) < 4.78 is 15.9. The molecule has 0 aromatic heterocycles. The molecule has 2 aliphatic rings. The van der Waals surface area contributed by atoms with Crippen molar-refractivity contribution in [3.05, 3.63) is 35.9 Å². The second-order valence-corrected chi connectivity index (χ2v) is 6.87. The van der Waals surface area contributed by atoms with Gasteiger partial charge in [0.15, 0.2) is 11.5 Å². The number of amides is 1. The van der Waals surface area contributed by atoms with Crippen LogP contribution in [-0.4, -0.2) is 60.4 Å². The molecule has 1 spiro atoms. The fourth-order valence-electron chi connectivity index (χ4n) is 4.11. The van der Waals surface area contributed by atoms with Gasteiger partial charge in [-0.2, -0.15) is 0 Å². The predicted octanol–water partition coefficient (Wildman–Crippen LogP) is 1.47. The van der Waals surface area contributed by atoms with Gasteiger partial charge < -0.3 is 24.2 Å². The zero-order chi connectivity index (χ0) is 19.6. The summed E-state index contributed by atoms with van der Waals surface area (Å²) in [6, 6.07) is 5.34. The fraction of sp³-hybridized carbons (Fsp3) is 0.500. The van der Waals surface area contributed by atoms with Gasteiger partial charge in [0.1, 0.15) is 11.6 Å². The van der Waals surface area contributed by atoms with Crippen LogP contribution in [0.2, 0.25) is 0 Å². The summed E-state index contributed by atoms with van der Waals surface area (Å²) in [6.07, 6.45) is 3.26. The molecule has 1 aliphatic carbocycles. The largest absolute Gasteiger partial charge is 0.493 e. The Balaban J connectivity index is 1.82. The van der Waals surface area contributed by atoms with Gasteiger partial charge >= 0.3 is 5.97 Å². The van der Waals surface area contributed by atoms with Crippen molar-refractivity contribution in [3.8, 4) is 11.5 Å². The van der Waals surface area contributed by atoms with Gasteiger partial charge in [-0.25, -0.2) is 0 Å². The van der Waals surface area contributed by atoms with Gasteiger partial charge in [-0.1, -0.05) is 12.1 Å². The molecule has 1 N–H and O–H groups in total. The second kappa shape index (κ2) is 7.60. The molecular weight excluding hydrogens is 350 g/mol. The number of ether oxygens (including phenoxy) is 3. The van der Waals surface area contributed by atoms with Crippen molar-refractivity contribution in [2.45, 2.75) is 43.9 Å². The molecule has 0 unspecified atom stereocenters. The molecule has 3 atom stereocenters. The number of carbonyl (C=O) groups is 2. The quantitative estimate of drug-likeness (QED) is 0.620. The lowest BCUT2D eigenvalue weighted by atomic mass is 9.88. The molecule has 7 heteroatoms. The first-order chi connectivity index (χ1) is 12.9. The second-order valence-electron chi connectivity index (χ2n) is 6.87. The molecule has 1 fully saturated rings. The minimum Gasteiger partial charge on any atom is -0.493 e. The van der Waals surface area contributed by atoms with Crippen LogP contribution in [0.5, 0.6) is 11.5 Å². The van der Waals surface area contributed by atoms with E-state index in [4.69, 9.17) is 14.2 Å². The highest BCUT2D eigenvalue weighted by Crippen LogP contribution is 2.42. The Labute approximate surface area is 158 Å². The zero-order valence-electron chi connectivity index (χ0n) is 15.8. The third-order valence-corrected chi connectivity index (χ3v) is 5.33. The van der Waals surface area contributed by atoms with E-state index in [-0.39, 0.29) is 12.3 Å². The standard InChI is InChI=1S/C20H25NO6/c1-13(22)27-18-8-7-17(23)20(18)9-4-10-21(20)19(24)12-14-5-6-15(25-2)16(11-14)26-3/h5-8,11,17-18,23H,4,9-10,12H2,1-3H3/t17-,18+,20+/m1/s1. The highest BCUT2D eigenvalue weighted by molar-refractivity contribution is 5.81. The Morgan fingerprint density at radius 3 is 2.63 bits per heavy atom. The summed E-state index contributed by atoms with van der Waals surface area (Å²) in [6.45, 7) is 1.85. The van der Waals surface area contributed by atoms with E-state index >= 15 is 0 Å². The lowest BCUT2D eigenvalue weighted by molar-refractivity contribution is -0.159. The van der Waals surface area contributed by atoms with Gasteiger partial charge in [0, 0.05) is 13.5 Å². The minimum absolute atomic E-state index is 0.125. The summed E-state index contributed by atoms with van der Waals surface area (Å²) in [5, 5.41) is 10.6. The minimum atomic E-state index is -0.917. The Kier molecular flexibility index (Phi) is 5.41. The first kappa shape index (κ1) is 19.2. The molecule has 1 saturated heterocycles. The Bertz CT molecular complexity index is 761. The fourth-order valence-corrected chi connectivity index (χ4v) is 4.11. The van der Waals surface area contributed by atoms with E-state index in [0.29, 0.717) is 24.5 Å². The summed E-state index contributed by atoms with van der Waals surface area (Å²) in [5.74, 6) is 0.591. The normalized spacial score (nSPS) is 26.4. The van der Waals surface area contributed by atoms with Gasteiger partial charge in [0.25, 0.3) is 0 Å². The Morgan fingerprint density at radius 1 is 1.22 bits per heavy atom. The van der Waals surface area contributed by atoms with Gasteiger partial charge in [-0.15, -0.1) is 0 Å². The first-order valence-corrected chi connectivity index (χ1v) is 8.97. The zero-order valence-corrected chi connectivity index (χ0v) is 15.8. The van der Waals surface area contributed by atoms with Crippen molar-refractivity contribution in [1.82, 2.24) is 4.90 Å². The van der Waals surface area contributed by atoms with Gasteiger partial charge in [0.2, 0.25) is 5.91 Å². The molecule has 27 heavy (non-hydrogen) atoms. The molecule has 0 radical (unpaired) electrons. The average molecular weight is 375 g/mol. The number of carbonyl (C=O) groups excluding carboxylic acids is 2. The highest BCUT2D eigenvalue weighted by atomic mass is 16.5. The lowest BCUT2D eigenvalue weighted by Gasteiger charge is -2.41. The summed E-state index contributed by atoms with van der Waals surface area (Å²) in [5.41, 5.74) is -0.136. The molecule has 1 aromatic carbocycles. The number of aliphatic hydroxyl groups excluding tert-OH is 1. The molecular formula is C20H25NO6. The van der Waals surface area contributed by atoms with Crippen molar-refractivity contribution in [2.75, 3.05) is 20.8 Å². The van der Waals surface area contributed by atoms with Crippen molar-refractivity contribution < 1.29 is 28.9 Å². The molecule has 1 heterocycles. The molecule has 146 valence electrons. The maximum atomic E-state index is 13.1. The van der Waals surface area contributed by atoms with Crippen LogP contribution in [0.1, 0.15) is 25.3 Å². The molecule has 1 aliphatic heterocycles. The van der Waals surface area contributed by atoms with Crippen LogP contribution in [-0.2, 0) is 20.7 Å². The number of hydrogen-bond acceptors (Lipinski definition) is 6. The van der Waals surface area contributed by atoms with E-state index in [9.17, 15) is 14.7 Å². The first-order valence-electron chi connectivity index (χ1n) is 8.97. The van der Waals surface area contributed by atoms with Gasteiger partial charge in [-0.3, -0.25) is 9.59 Å². The van der Waals surface area contributed by atoms with E-state index in [1.54, 1.807) is 43.4 Å². The van der Waals surface area contributed by atoms with E-state index in [1.807, 2.05) is 6.07 Å². The van der Waals surface area contributed by atoms with Gasteiger partial charge in [-0.05, 0) is 36.6 Å². The number of nitrogens with zero attached hydrogens (tertiary/aromatic N) is 1. The SMILES string of the molecule is COc1ccc(CC(=O)N2CCC[C@@]23[C@H](O)C=C[C@@H]3OC(C)=O)cc1OC. The van der Waals surface area contributed by atoms with Crippen LogP contribution in [0.4, 0.5) is 0 Å². The molecule has 0 saturated carbocycles. The number of esters is 1. The monoisotopic (exact) mass is 375 g/mol. The topological polar surface area (TPSA) is 85.3 Å². The van der Waals surface area contributed by atoms with Crippen LogP contribution >= 0.6 is 0 Å². The number of benzene rings is 1. The maximum Gasteiger partial charge on any atom is 0.303 e. The third-order valence-electron chi connectivity index (χ3n) is 5.33. The van der Waals surface area contributed by atoms with E-state index in [1.165, 1.54) is 6.92 Å². The Hall–Kier alpha value is -2.54. The predicted molar refractivity (Wildman–Crippen MR) is 97.6 cm³/mol. The van der Waals surface area contributed by atoms with E-state index < -0.39 is 23.7 Å². The highest BCUT2D eigenvalue weighted by Gasteiger charge is 2.56. The number of aliphatic hydroxyl groups is 1. The van der Waals surface area contributed by atoms with E-state index in [0.717, 1.165) is 12.0 Å². The summed E-state index contributed by atoms with van der Waals surface area (Å²) >= 11 is 0. The number of methoxy groups -OCH3 is 2. The van der Waals surface area contributed by atoms with Crippen LogP contribution < -0.4 is 9.47 Å². The van der Waals surface area contributed by atoms with Gasteiger partial charge in [0.05, 0.1) is 26.7 Å². The smallest absolute Gasteiger partial charge is 0.303 e. The third kappa shape index (κ3) is 3.39. The van der Waals surface area contributed by atoms with Crippen LogP contribution in [0.15, 0.2) is 30.4 Å². The van der Waals surface area contributed by atoms with Crippen molar-refractivity contribution >= 4 is 11.9 Å². The maximum absolute atomic E-state index is 13.1. The van der Waals surface area contributed by atoms with Crippen LogP contribution in [0.25, 0.3) is 0 Å². The van der Waals surface area contributed by atoms with Crippen molar-refractivity contribution in [2.24, 2.45) is 0 Å². The number of rotatable bonds is 5. The lowest BCUT2D eigenvalue weighted by Crippen LogP contribution is -2.60. The number of hydrogen-bond donors (Lipinski definition) is 1. The van der Waals surface area contributed by atoms with E-state index in [2.05, 4.69) is 0 Å². The van der Waals surface area contributed by atoms with Crippen molar-refractivity contribution in [3.63, 3.8) is 0 Å². The molecule has 3 rings (SSSR count). The molecule has 1 aromatic rings. The Morgan fingerprint density at radius 2 is 1.96 bits per heavy atom. The summed E-state index contributed by atoms with van der Waals surface area (Å²) in [7, 11) is 3.10. The average Bonchev–Trinajstić information content (AvgIpc) is 3.22. The van der Waals surface area contributed by atoms with Crippen LogP contribution in [0.3, 0.4) is 0 Å². The molecule has 0 bridgehead atoms. The van der Waals surface area contributed by atoms with Crippen LogP contribution in [0, 0.1) is 0 Å². The summed E-state index contributed by atoms with van der Waals surface area (Å²) in [4.78, 5) is 26.2. The molecule has 1 amide bonds.